The molecule has 0 atom stereocenters. The largest absolute Gasteiger partial charge is 0.435 e. The summed E-state index contributed by atoms with van der Waals surface area (Å²) in [6.45, 7) is -0.285. The zero-order valence-corrected chi connectivity index (χ0v) is 16.1. The van der Waals surface area contributed by atoms with Crippen molar-refractivity contribution in [1.29, 1.82) is 0 Å². The number of aromatic amines is 1. The third-order valence-electron chi connectivity index (χ3n) is 5.00. The van der Waals surface area contributed by atoms with E-state index < -0.39 is 6.61 Å². The van der Waals surface area contributed by atoms with Crippen LogP contribution in [0.5, 0.6) is 5.75 Å². The van der Waals surface area contributed by atoms with Crippen LogP contribution < -0.4 is 10.3 Å². The summed E-state index contributed by atoms with van der Waals surface area (Å²) in [5.41, 5.74) is 0.786. The molecule has 1 aliphatic heterocycles. The number of alkyl halides is 2. The molecule has 0 radical (unpaired) electrons. The average Bonchev–Trinajstić information content (AvgIpc) is 2.73. The van der Waals surface area contributed by atoms with Crippen LogP contribution in [0.1, 0.15) is 16.2 Å². The summed E-state index contributed by atoms with van der Waals surface area (Å²) in [6.07, 6.45) is 0. The van der Waals surface area contributed by atoms with E-state index in [1.165, 1.54) is 18.2 Å². The fraction of sp³-hybridized carbons (Fsp3) is 0.286. The topological polar surface area (TPSA) is 78.5 Å². The number of amides is 1. The third-order valence-corrected chi connectivity index (χ3v) is 5.00. The number of hydrogen-bond acceptors (Lipinski definition) is 5. The number of carbonyl (C=O) groups is 1. The number of halogens is 2. The highest BCUT2D eigenvalue weighted by Crippen LogP contribution is 2.18. The van der Waals surface area contributed by atoms with Gasteiger partial charge in [0.05, 0.1) is 17.4 Å². The van der Waals surface area contributed by atoms with E-state index in [4.69, 9.17) is 0 Å². The standard InChI is InChI=1S/C21H20F2N4O3/c22-21(23)30-15-5-3-4-14(12-15)20(29)27-10-8-26(9-11-27)13-18-24-17-7-2-1-6-16(17)19(28)25-18/h1-7,12,21H,8-11,13H2,(H,24,25,28). The molecule has 1 saturated heterocycles. The van der Waals surface area contributed by atoms with Crippen LogP contribution in [0, 0.1) is 0 Å². The van der Waals surface area contributed by atoms with Gasteiger partial charge < -0.3 is 14.6 Å². The van der Waals surface area contributed by atoms with Crippen molar-refractivity contribution in [3.05, 3.63) is 70.3 Å². The molecule has 1 fully saturated rings. The van der Waals surface area contributed by atoms with Crippen molar-refractivity contribution in [3.8, 4) is 5.75 Å². The van der Waals surface area contributed by atoms with Gasteiger partial charge in [0.25, 0.3) is 11.5 Å². The number of hydrogen-bond donors (Lipinski definition) is 1. The Balaban J connectivity index is 1.38. The number of ether oxygens (including phenoxy) is 1. The molecule has 2 heterocycles. The first kappa shape index (κ1) is 20.0. The smallest absolute Gasteiger partial charge is 0.387 e. The lowest BCUT2D eigenvalue weighted by Gasteiger charge is -2.34. The first-order valence-electron chi connectivity index (χ1n) is 9.54. The van der Waals surface area contributed by atoms with E-state index in [0.717, 1.165) is 0 Å². The van der Waals surface area contributed by atoms with Crippen LogP contribution in [0.3, 0.4) is 0 Å². The van der Waals surface area contributed by atoms with Crippen molar-refractivity contribution in [2.24, 2.45) is 0 Å². The molecule has 1 N–H and O–H groups in total. The van der Waals surface area contributed by atoms with Crippen LogP contribution >= 0.6 is 0 Å². The lowest BCUT2D eigenvalue weighted by molar-refractivity contribution is -0.0499. The molecule has 2 aromatic carbocycles. The van der Waals surface area contributed by atoms with Gasteiger partial charge in [-0.1, -0.05) is 18.2 Å². The average molecular weight is 414 g/mol. The monoisotopic (exact) mass is 414 g/mol. The van der Waals surface area contributed by atoms with Gasteiger partial charge in [0, 0.05) is 31.7 Å². The number of carbonyl (C=O) groups excluding carboxylic acids is 1. The molecule has 0 spiro atoms. The Morgan fingerprint density at radius 2 is 1.87 bits per heavy atom. The number of para-hydroxylation sites is 1. The Kier molecular flexibility index (Phi) is 5.71. The molecule has 1 amide bonds. The Hall–Kier alpha value is -3.33. The molecule has 30 heavy (non-hydrogen) atoms. The molecule has 1 aliphatic rings. The number of piperazine rings is 1. The van der Waals surface area contributed by atoms with Crippen molar-refractivity contribution in [2.75, 3.05) is 26.2 Å². The van der Waals surface area contributed by atoms with Gasteiger partial charge in [-0.25, -0.2) is 4.98 Å². The van der Waals surface area contributed by atoms with E-state index >= 15 is 0 Å². The summed E-state index contributed by atoms with van der Waals surface area (Å²) in [7, 11) is 0. The molecule has 1 aromatic heterocycles. The zero-order chi connectivity index (χ0) is 21.1. The van der Waals surface area contributed by atoms with Gasteiger partial charge in [-0.3, -0.25) is 14.5 Å². The Labute approximate surface area is 170 Å². The first-order valence-corrected chi connectivity index (χ1v) is 9.54. The lowest BCUT2D eigenvalue weighted by atomic mass is 10.1. The quantitative estimate of drug-likeness (QED) is 0.694. The van der Waals surface area contributed by atoms with Gasteiger partial charge in [0.15, 0.2) is 0 Å². The summed E-state index contributed by atoms with van der Waals surface area (Å²) < 4.78 is 29.1. The lowest BCUT2D eigenvalue weighted by Crippen LogP contribution is -2.48. The Morgan fingerprint density at radius 3 is 2.63 bits per heavy atom. The highest BCUT2D eigenvalue weighted by atomic mass is 19.3. The summed E-state index contributed by atoms with van der Waals surface area (Å²) >= 11 is 0. The van der Waals surface area contributed by atoms with Crippen LogP contribution in [0.15, 0.2) is 53.3 Å². The molecule has 0 aliphatic carbocycles. The van der Waals surface area contributed by atoms with Crippen LogP contribution in [0.25, 0.3) is 10.9 Å². The van der Waals surface area contributed by atoms with Gasteiger partial charge >= 0.3 is 6.61 Å². The number of benzene rings is 2. The van der Waals surface area contributed by atoms with E-state index in [0.29, 0.717) is 55.0 Å². The summed E-state index contributed by atoms with van der Waals surface area (Å²) in [5, 5.41) is 0.551. The fourth-order valence-corrected chi connectivity index (χ4v) is 3.52. The number of nitrogens with zero attached hydrogens (tertiary/aromatic N) is 3. The van der Waals surface area contributed by atoms with E-state index in [1.54, 1.807) is 29.2 Å². The maximum absolute atomic E-state index is 12.7. The fourth-order valence-electron chi connectivity index (χ4n) is 3.52. The van der Waals surface area contributed by atoms with E-state index in [-0.39, 0.29) is 17.2 Å². The van der Waals surface area contributed by atoms with Gasteiger partial charge in [-0.2, -0.15) is 8.78 Å². The van der Waals surface area contributed by atoms with E-state index in [9.17, 15) is 18.4 Å². The van der Waals surface area contributed by atoms with Gasteiger partial charge in [-0.05, 0) is 30.3 Å². The maximum atomic E-state index is 12.7. The minimum atomic E-state index is -2.94. The van der Waals surface area contributed by atoms with Crippen LogP contribution in [-0.2, 0) is 6.54 Å². The normalized spacial score (nSPS) is 15.0. The number of H-pyrrole nitrogens is 1. The highest BCUT2D eigenvalue weighted by molar-refractivity contribution is 5.94. The zero-order valence-electron chi connectivity index (χ0n) is 16.1. The second kappa shape index (κ2) is 8.58. The molecular weight excluding hydrogens is 394 g/mol. The van der Waals surface area contributed by atoms with Crippen molar-refractivity contribution in [3.63, 3.8) is 0 Å². The predicted octanol–water partition coefficient (Wildman–Crippen LogP) is 2.48. The highest BCUT2D eigenvalue weighted by Gasteiger charge is 2.23. The SMILES string of the molecule is O=C(c1cccc(OC(F)F)c1)N1CCN(Cc2nc3ccccc3c(=O)[nH]2)CC1. The Morgan fingerprint density at radius 1 is 1.10 bits per heavy atom. The second-order valence-corrected chi connectivity index (χ2v) is 7.00. The van der Waals surface area contributed by atoms with E-state index in [1.807, 2.05) is 6.07 Å². The summed E-state index contributed by atoms with van der Waals surface area (Å²) in [5.74, 6) is 0.308. The van der Waals surface area contributed by atoms with Crippen molar-refractivity contribution < 1.29 is 18.3 Å². The van der Waals surface area contributed by atoms with Crippen LogP contribution in [0.2, 0.25) is 0 Å². The molecule has 0 bridgehead atoms. The molecular formula is C21H20F2N4O3. The van der Waals surface area contributed by atoms with Crippen LogP contribution in [-0.4, -0.2) is 58.5 Å². The number of fused-ring (bicyclic) bond motifs is 1. The molecule has 4 rings (SSSR count). The number of aromatic nitrogens is 2. The third kappa shape index (κ3) is 4.46. The van der Waals surface area contributed by atoms with Gasteiger partial charge in [0.1, 0.15) is 11.6 Å². The molecule has 7 nitrogen and oxygen atoms in total. The predicted molar refractivity (Wildman–Crippen MR) is 107 cm³/mol. The van der Waals surface area contributed by atoms with Crippen LogP contribution in [0.4, 0.5) is 8.78 Å². The van der Waals surface area contributed by atoms with Crippen molar-refractivity contribution in [1.82, 2.24) is 19.8 Å². The maximum Gasteiger partial charge on any atom is 0.387 e. The van der Waals surface area contributed by atoms with E-state index in [2.05, 4.69) is 19.6 Å². The Bertz CT molecular complexity index is 1110. The number of rotatable bonds is 5. The van der Waals surface area contributed by atoms with Gasteiger partial charge in [-0.15, -0.1) is 0 Å². The molecule has 3 aromatic rings. The second-order valence-electron chi connectivity index (χ2n) is 7.00. The first-order chi connectivity index (χ1) is 14.5. The molecule has 156 valence electrons. The molecule has 0 unspecified atom stereocenters. The van der Waals surface area contributed by atoms with Crippen molar-refractivity contribution in [2.45, 2.75) is 13.2 Å². The minimum Gasteiger partial charge on any atom is -0.435 e. The minimum absolute atomic E-state index is 0.0409. The molecule has 9 heteroatoms. The van der Waals surface area contributed by atoms with Crippen molar-refractivity contribution >= 4 is 16.8 Å². The summed E-state index contributed by atoms with van der Waals surface area (Å²) in [4.78, 5) is 36.0. The number of nitrogens with one attached hydrogen (secondary N) is 1. The van der Waals surface area contributed by atoms with Gasteiger partial charge in [0.2, 0.25) is 0 Å². The molecule has 0 saturated carbocycles. The summed E-state index contributed by atoms with van der Waals surface area (Å²) in [6, 6.07) is 13.0.